The Morgan fingerprint density at radius 2 is 1.86 bits per heavy atom. The number of hydrogen-bond donors (Lipinski definition) is 0. The minimum atomic E-state index is -0.892. The minimum absolute atomic E-state index is 0.125. The zero-order valence-corrected chi connectivity index (χ0v) is 17.5. The molecule has 0 fully saturated rings. The van der Waals surface area contributed by atoms with Crippen molar-refractivity contribution in [1.29, 1.82) is 0 Å². The maximum Gasteiger partial charge on any atom is 0.343 e. The average Bonchev–Trinajstić information content (AvgIpc) is 2.68. The Kier molecular flexibility index (Phi) is 7.93. The summed E-state index contributed by atoms with van der Waals surface area (Å²) < 4.78 is 25.0. The molecule has 0 saturated carbocycles. The van der Waals surface area contributed by atoms with Crippen molar-refractivity contribution in [1.82, 2.24) is 4.90 Å². The van der Waals surface area contributed by atoms with Gasteiger partial charge in [0.2, 0.25) is 5.78 Å². The van der Waals surface area contributed by atoms with Crippen LogP contribution in [-0.4, -0.2) is 44.5 Å². The van der Waals surface area contributed by atoms with Gasteiger partial charge in [0.05, 0.1) is 6.61 Å². The normalized spacial score (nSPS) is 12.4. The number of hydrogen-bond acceptors (Lipinski definition) is 5. The van der Waals surface area contributed by atoms with E-state index in [1.807, 2.05) is 0 Å². The molecule has 0 spiro atoms. The zero-order chi connectivity index (χ0) is 21.6. The van der Waals surface area contributed by atoms with E-state index in [1.54, 1.807) is 44.1 Å². The Morgan fingerprint density at radius 3 is 2.45 bits per heavy atom. The number of rotatable bonds is 8. The fourth-order valence-corrected chi connectivity index (χ4v) is 3.06. The number of benzene rings is 2. The number of halogens is 2. The summed E-state index contributed by atoms with van der Waals surface area (Å²) in [4.78, 5) is 27.2. The van der Waals surface area contributed by atoms with Gasteiger partial charge in [0.1, 0.15) is 17.5 Å². The van der Waals surface area contributed by atoms with Crippen molar-refractivity contribution in [2.24, 2.45) is 0 Å². The van der Waals surface area contributed by atoms with E-state index in [2.05, 4.69) is 0 Å². The summed E-state index contributed by atoms with van der Waals surface area (Å²) in [6.45, 7) is 1.78. The largest absolute Gasteiger partial charge is 0.462 e. The lowest BCUT2D eigenvalue weighted by Gasteiger charge is -2.21. The Labute approximate surface area is 174 Å². The molecule has 0 N–H and O–H groups in total. The fourth-order valence-electron chi connectivity index (χ4n) is 2.88. The van der Waals surface area contributed by atoms with Crippen molar-refractivity contribution in [2.45, 2.75) is 13.0 Å². The van der Waals surface area contributed by atoms with Gasteiger partial charge in [0, 0.05) is 43.6 Å². The van der Waals surface area contributed by atoms with Crippen LogP contribution in [0.5, 0.6) is 0 Å². The first kappa shape index (κ1) is 22.6. The fraction of sp³-hybridized carbons (Fsp3) is 0.273. The van der Waals surface area contributed by atoms with Gasteiger partial charge in [-0.3, -0.25) is 4.79 Å². The highest BCUT2D eigenvalue weighted by Crippen LogP contribution is 2.33. The predicted octanol–water partition coefficient (Wildman–Crippen LogP) is 4.41. The van der Waals surface area contributed by atoms with Crippen LogP contribution in [0, 0.1) is 5.82 Å². The number of esters is 1. The molecule has 2 rings (SSSR count). The number of carbonyl (C=O) groups excluding carboxylic acids is 2. The standard InChI is InChI=1S/C22H23ClFNO4/c1-5-29-22(27)18(13-25(2)3)20(26)15-11-10-14(23)12-17(15)21(28-4)16-8-6-7-9-19(16)24/h6-13,21H,5H2,1-4H3/b18-13-. The molecule has 0 saturated heterocycles. The highest BCUT2D eigenvalue weighted by Gasteiger charge is 2.28. The van der Waals surface area contributed by atoms with Crippen LogP contribution in [0.2, 0.25) is 5.02 Å². The van der Waals surface area contributed by atoms with Gasteiger partial charge >= 0.3 is 5.97 Å². The molecule has 0 bridgehead atoms. The van der Waals surface area contributed by atoms with Crippen LogP contribution in [-0.2, 0) is 14.3 Å². The third-order valence-corrected chi connectivity index (χ3v) is 4.33. The van der Waals surface area contributed by atoms with Crippen molar-refractivity contribution >= 4 is 23.4 Å². The SMILES string of the molecule is CCOC(=O)/C(=C\N(C)C)C(=O)c1ccc(Cl)cc1C(OC)c1ccccc1F. The molecule has 1 unspecified atom stereocenters. The second kappa shape index (κ2) is 10.2. The molecule has 7 heteroatoms. The number of methoxy groups -OCH3 is 1. The van der Waals surface area contributed by atoms with Gasteiger partial charge in [0.25, 0.3) is 0 Å². The molecule has 0 aliphatic heterocycles. The molecule has 154 valence electrons. The van der Waals surface area contributed by atoms with Crippen molar-refractivity contribution in [3.8, 4) is 0 Å². The summed E-state index contributed by atoms with van der Waals surface area (Å²) in [7, 11) is 4.79. The summed E-state index contributed by atoms with van der Waals surface area (Å²) in [5, 5.41) is 0.351. The van der Waals surface area contributed by atoms with Crippen molar-refractivity contribution in [2.75, 3.05) is 27.8 Å². The molecule has 0 aliphatic rings. The molecule has 29 heavy (non-hydrogen) atoms. The molecule has 0 heterocycles. The van der Waals surface area contributed by atoms with E-state index in [1.165, 1.54) is 37.6 Å². The van der Waals surface area contributed by atoms with Crippen LogP contribution in [0.25, 0.3) is 0 Å². The van der Waals surface area contributed by atoms with Crippen molar-refractivity contribution in [3.05, 3.63) is 81.8 Å². The van der Waals surface area contributed by atoms with Crippen LogP contribution in [0.3, 0.4) is 0 Å². The summed E-state index contributed by atoms with van der Waals surface area (Å²) >= 11 is 6.15. The Balaban J connectivity index is 2.63. The predicted molar refractivity (Wildman–Crippen MR) is 109 cm³/mol. The lowest BCUT2D eigenvalue weighted by molar-refractivity contribution is -0.138. The van der Waals surface area contributed by atoms with E-state index in [0.717, 1.165) is 0 Å². The molecule has 2 aromatic carbocycles. The third-order valence-electron chi connectivity index (χ3n) is 4.09. The van der Waals surface area contributed by atoms with Crippen molar-refractivity contribution < 1.29 is 23.5 Å². The van der Waals surface area contributed by atoms with Crippen LogP contribution < -0.4 is 0 Å². The highest BCUT2D eigenvalue weighted by atomic mass is 35.5. The Hall–Kier alpha value is -2.70. The molecule has 0 radical (unpaired) electrons. The summed E-state index contributed by atoms with van der Waals surface area (Å²) in [6, 6.07) is 10.7. The quantitative estimate of drug-likeness (QED) is 0.208. The number of nitrogens with zero attached hydrogens (tertiary/aromatic N) is 1. The molecule has 2 aromatic rings. The van der Waals surface area contributed by atoms with E-state index in [9.17, 15) is 14.0 Å². The van der Waals surface area contributed by atoms with Crippen LogP contribution in [0.1, 0.15) is 34.5 Å². The monoisotopic (exact) mass is 419 g/mol. The second-order valence-corrected chi connectivity index (χ2v) is 6.86. The van der Waals surface area contributed by atoms with Gasteiger partial charge in [-0.15, -0.1) is 0 Å². The number of Topliss-reactive ketones (excluding diaryl/α,β-unsaturated/α-hetero) is 1. The number of ether oxygens (including phenoxy) is 2. The van der Waals surface area contributed by atoms with Gasteiger partial charge in [-0.25, -0.2) is 9.18 Å². The molecule has 0 amide bonds. The number of carbonyl (C=O) groups is 2. The van der Waals surface area contributed by atoms with Gasteiger partial charge in [0.15, 0.2) is 0 Å². The van der Waals surface area contributed by atoms with E-state index in [-0.39, 0.29) is 23.3 Å². The van der Waals surface area contributed by atoms with Crippen LogP contribution in [0.4, 0.5) is 4.39 Å². The highest BCUT2D eigenvalue weighted by molar-refractivity contribution is 6.31. The Bertz CT molecular complexity index is 927. The molecule has 1 atom stereocenters. The molecule has 0 aromatic heterocycles. The van der Waals surface area contributed by atoms with Crippen molar-refractivity contribution in [3.63, 3.8) is 0 Å². The van der Waals surface area contributed by atoms with Gasteiger partial charge in [-0.1, -0.05) is 29.8 Å². The zero-order valence-electron chi connectivity index (χ0n) is 16.7. The lowest BCUT2D eigenvalue weighted by Crippen LogP contribution is -2.21. The minimum Gasteiger partial charge on any atom is -0.462 e. The van der Waals surface area contributed by atoms with E-state index in [4.69, 9.17) is 21.1 Å². The molecular formula is C22H23ClFNO4. The first-order valence-electron chi connectivity index (χ1n) is 8.96. The molecular weight excluding hydrogens is 397 g/mol. The first-order chi connectivity index (χ1) is 13.8. The lowest BCUT2D eigenvalue weighted by atomic mass is 9.92. The van der Waals surface area contributed by atoms with Gasteiger partial charge in [-0.05, 0) is 36.8 Å². The summed E-state index contributed by atoms with van der Waals surface area (Å²) in [5.41, 5.74) is 0.624. The summed E-state index contributed by atoms with van der Waals surface area (Å²) in [6.07, 6.45) is 0.500. The molecule has 5 nitrogen and oxygen atoms in total. The summed E-state index contributed by atoms with van der Waals surface area (Å²) in [5.74, 6) is -1.79. The third kappa shape index (κ3) is 5.43. The van der Waals surface area contributed by atoms with Gasteiger partial charge in [-0.2, -0.15) is 0 Å². The van der Waals surface area contributed by atoms with Crippen LogP contribution in [0.15, 0.2) is 54.2 Å². The molecule has 0 aliphatic carbocycles. The van der Waals surface area contributed by atoms with E-state index in [0.29, 0.717) is 10.6 Å². The topological polar surface area (TPSA) is 55.8 Å². The maximum absolute atomic E-state index is 14.4. The number of ketones is 1. The van der Waals surface area contributed by atoms with E-state index < -0.39 is 23.7 Å². The van der Waals surface area contributed by atoms with Gasteiger partial charge < -0.3 is 14.4 Å². The first-order valence-corrected chi connectivity index (χ1v) is 9.34. The second-order valence-electron chi connectivity index (χ2n) is 6.42. The van der Waals surface area contributed by atoms with Crippen LogP contribution >= 0.6 is 11.6 Å². The maximum atomic E-state index is 14.4. The average molecular weight is 420 g/mol. The van der Waals surface area contributed by atoms with E-state index >= 15 is 0 Å². The Morgan fingerprint density at radius 1 is 1.17 bits per heavy atom. The smallest absolute Gasteiger partial charge is 0.343 e.